The van der Waals surface area contributed by atoms with Gasteiger partial charge in [-0.15, -0.1) is 0 Å². The molecular weight excluding hydrogens is 318 g/mol. The van der Waals surface area contributed by atoms with Gasteiger partial charge in [-0.25, -0.2) is 12.7 Å². The van der Waals surface area contributed by atoms with Gasteiger partial charge in [-0.05, 0) is 50.2 Å². The Balaban J connectivity index is 2.18. The van der Waals surface area contributed by atoms with Crippen LogP contribution >= 0.6 is 0 Å². The number of sulfonamides is 1. The number of hydrogen-bond donors (Lipinski definition) is 0. The molecule has 0 N–H and O–H groups in total. The number of hydrogen-bond acceptors (Lipinski definition) is 2. The van der Waals surface area contributed by atoms with Crippen molar-refractivity contribution in [3.63, 3.8) is 0 Å². The van der Waals surface area contributed by atoms with E-state index in [0.717, 1.165) is 11.1 Å². The van der Waals surface area contributed by atoms with Crippen molar-refractivity contribution in [2.75, 3.05) is 4.31 Å². The third-order valence-corrected chi connectivity index (χ3v) is 5.59. The van der Waals surface area contributed by atoms with Crippen LogP contribution in [0.25, 0.3) is 0 Å². The zero-order chi connectivity index (χ0) is 17.2. The van der Waals surface area contributed by atoms with E-state index >= 15 is 0 Å². The van der Waals surface area contributed by atoms with E-state index in [4.69, 9.17) is 0 Å². The van der Waals surface area contributed by atoms with Crippen molar-refractivity contribution in [1.82, 2.24) is 0 Å². The van der Waals surface area contributed by atoms with Gasteiger partial charge in [-0.2, -0.15) is 0 Å². The molecule has 0 spiro atoms. The second-order valence-electron chi connectivity index (χ2n) is 5.75. The van der Waals surface area contributed by atoms with Gasteiger partial charge in [0.15, 0.2) is 0 Å². The molecule has 0 aliphatic carbocycles. The Morgan fingerprint density at radius 1 is 0.625 bits per heavy atom. The number of nitrogens with zero attached hydrogens (tertiary/aromatic N) is 1. The highest BCUT2D eigenvalue weighted by Gasteiger charge is 2.26. The Hall–Kier alpha value is -2.59. The molecule has 0 atom stereocenters. The van der Waals surface area contributed by atoms with Crippen LogP contribution in [0.2, 0.25) is 0 Å². The fourth-order valence-corrected chi connectivity index (χ4v) is 4.00. The molecular formula is C20H19NO2S. The number of anilines is 2. The molecule has 0 bridgehead atoms. The monoisotopic (exact) mass is 337 g/mol. The Kier molecular flexibility index (Phi) is 4.40. The highest BCUT2D eigenvalue weighted by Crippen LogP contribution is 2.32. The first-order chi connectivity index (χ1) is 11.5. The van der Waals surface area contributed by atoms with Gasteiger partial charge < -0.3 is 0 Å². The summed E-state index contributed by atoms with van der Waals surface area (Å²) in [6, 6.07) is 23.5. The highest BCUT2D eigenvalue weighted by atomic mass is 32.2. The lowest BCUT2D eigenvalue weighted by atomic mass is 10.2. The van der Waals surface area contributed by atoms with E-state index in [9.17, 15) is 8.42 Å². The first kappa shape index (κ1) is 16.3. The van der Waals surface area contributed by atoms with Gasteiger partial charge in [-0.1, -0.05) is 53.6 Å². The molecule has 0 fully saturated rings. The summed E-state index contributed by atoms with van der Waals surface area (Å²) in [7, 11) is -3.70. The lowest BCUT2D eigenvalue weighted by molar-refractivity contribution is 0.596. The summed E-state index contributed by atoms with van der Waals surface area (Å²) in [4.78, 5) is 0.270. The largest absolute Gasteiger partial charge is 0.268 e. The molecule has 4 heteroatoms. The van der Waals surface area contributed by atoms with Crippen molar-refractivity contribution in [3.05, 3.63) is 90.0 Å². The van der Waals surface area contributed by atoms with E-state index in [1.807, 2.05) is 62.4 Å². The van der Waals surface area contributed by atoms with Crippen LogP contribution in [0.15, 0.2) is 83.8 Å². The van der Waals surface area contributed by atoms with Gasteiger partial charge in [0, 0.05) is 0 Å². The fourth-order valence-electron chi connectivity index (χ4n) is 2.48. The predicted molar refractivity (Wildman–Crippen MR) is 98.1 cm³/mol. The third kappa shape index (κ3) is 3.19. The van der Waals surface area contributed by atoms with Gasteiger partial charge in [0.05, 0.1) is 16.3 Å². The molecule has 0 aromatic heterocycles. The molecule has 0 saturated heterocycles. The molecule has 0 unspecified atom stereocenters. The van der Waals surface area contributed by atoms with Crippen molar-refractivity contribution < 1.29 is 8.42 Å². The quantitative estimate of drug-likeness (QED) is 0.684. The summed E-state index contributed by atoms with van der Waals surface area (Å²) < 4.78 is 27.8. The van der Waals surface area contributed by atoms with Gasteiger partial charge in [-0.3, -0.25) is 0 Å². The molecule has 0 heterocycles. The van der Waals surface area contributed by atoms with Gasteiger partial charge in [0.25, 0.3) is 10.0 Å². The van der Waals surface area contributed by atoms with Crippen LogP contribution in [0.3, 0.4) is 0 Å². The summed E-state index contributed by atoms with van der Waals surface area (Å²) in [5, 5.41) is 0. The van der Waals surface area contributed by atoms with Gasteiger partial charge in [0.2, 0.25) is 0 Å². The molecule has 3 aromatic carbocycles. The average Bonchev–Trinajstić information content (AvgIpc) is 2.59. The maximum absolute atomic E-state index is 13.2. The molecule has 24 heavy (non-hydrogen) atoms. The van der Waals surface area contributed by atoms with Crippen molar-refractivity contribution in [1.29, 1.82) is 0 Å². The summed E-state index contributed by atoms with van der Waals surface area (Å²) in [6.45, 7) is 3.96. The maximum Gasteiger partial charge on any atom is 0.268 e. The molecule has 0 radical (unpaired) electrons. The number of aryl methyl sites for hydroxylation is 2. The summed E-state index contributed by atoms with van der Waals surface area (Å²) in [6.07, 6.45) is 0. The average molecular weight is 337 g/mol. The molecule has 122 valence electrons. The van der Waals surface area contributed by atoms with E-state index in [2.05, 4.69) is 0 Å². The van der Waals surface area contributed by atoms with E-state index < -0.39 is 10.0 Å². The van der Waals surface area contributed by atoms with Crippen molar-refractivity contribution in [3.8, 4) is 0 Å². The predicted octanol–water partition coefficient (Wildman–Crippen LogP) is 4.83. The molecule has 0 saturated carbocycles. The van der Waals surface area contributed by atoms with Crippen LogP contribution in [0.5, 0.6) is 0 Å². The Bertz CT molecular complexity index is 870. The molecule has 0 amide bonds. The minimum absolute atomic E-state index is 0.270. The second-order valence-corrected chi connectivity index (χ2v) is 7.54. The topological polar surface area (TPSA) is 37.4 Å². The lowest BCUT2D eigenvalue weighted by Crippen LogP contribution is -2.26. The summed E-state index contributed by atoms with van der Waals surface area (Å²) in [5.74, 6) is 0. The van der Waals surface area contributed by atoms with Crippen molar-refractivity contribution >= 4 is 21.4 Å². The Morgan fingerprint density at radius 3 is 1.46 bits per heavy atom. The Labute approximate surface area is 143 Å². The first-order valence-electron chi connectivity index (χ1n) is 7.72. The number of benzene rings is 3. The zero-order valence-corrected chi connectivity index (χ0v) is 14.5. The smallest absolute Gasteiger partial charge is 0.235 e. The highest BCUT2D eigenvalue weighted by molar-refractivity contribution is 7.93. The van der Waals surface area contributed by atoms with Crippen LogP contribution < -0.4 is 4.31 Å². The maximum atomic E-state index is 13.2. The zero-order valence-electron chi connectivity index (χ0n) is 13.7. The molecule has 3 nitrogen and oxygen atoms in total. The second kappa shape index (κ2) is 6.49. The molecule has 3 rings (SSSR count). The van der Waals surface area contributed by atoms with Crippen LogP contribution in [0.4, 0.5) is 11.4 Å². The van der Waals surface area contributed by atoms with Crippen LogP contribution in [-0.4, -0.2) is 8.42 Å². The molecule has 0 aliphatic heterocycles. The standard InChI is InChI=1S/C20H19NO2S/c1-16-8-12-18(13-9-16)21(19-14-10-17(2)11-15-19)24(22,23)20-6-4-3-5-7-20/h3-15H,1-2H3. The van der Waals surface area contributed by atoms with Crippen molar-refractivity contribution in [2.45, 2.75) is 18.7 Å². The van der Waals surface area contributed by atoms with E-state index in [-0.39, 0.29) is 4.90 Å². The Morgan fingerprint density at radius 2 is 1.04 bits per heavy atom. The SMILES string of the molecule is Cc1ccc(N(c2ccc(C)cc2)S(=O)(=O)c2ccccc2)cc1. The third-order valence-electron chi connectivity index (χ3n) is 3.82. The number of rotatable bonds is 4. The van der Waals surface area contributed by atoms with E-state index in [0.29, 0.717) is 11.4 Å². The minimum Gasteiger partial charge on any atom is -0.235 e. The van der Waals surface area contributed by atoms with E-state index in [1.165, 1.54) is 4.31 Å². The summed E-state index contributed by atoms with van der Waals surface area (Å²) >= 11 is 0. The normalized spacial score (nSPS) is 11.2. The summed E-state index contributed by atoms with van der Waals surface area (Å²) in [5.41, 5.74) is 3.40. The van der Waals surface area contributed by atoms with E-state index in [1.54, 1.807) is 30.3 Å². The fraction of sp³-hybridized carbons (Fsp3) is 0.100. The van der Waals surface area contributed by atoms with Crippen LogP contribution in [0, 0.1) is 13.8 Å². The van der Waals surface area contributed by atoms with Gasteiger partial charge in [0.1, 0.15) is 0 Å². The molecule has 3 aromatic rings. The molecule has 0 aliphatic rings. The van der Waals surface area contributed by atoms with Crippen LogP contribution in [-0.2, 0) is 10.0 Å². The first-order valence-corrected chi connectivity index (χ1v) is 9.16. The lowest BCUT2D eigenvalue weighted by Gasteiger charge is -2.25. The minimum atomic E-state index is -3.70. The van der Waals surface area contributed by atoms with Crippen LogP contribution in [0.1, 0.15) is 11.1 Å². The van der Waals surface area contributed by atoms with Gasteiger partial charge >= 0.3 is 0 Å². The van der Waals surface area contributed by atoms with Crippen molar-refractivity contribution in [2.24, 2.45) is 0 Å².